The Morgan fingerprint density at radius 1 is 1.21 bits per heavy atom. The Kier molecular flexibility index (Phi) is 7.19. The van der Waals surface area contributed by atoms with Crippen LogP contribution in [0.25, 0.3) is 0 Å². The molecule has 1 amide bonds. The van der Waals surface area contributed by atoms with Crippen LogP contribution in [0.2, 0.25) is 5.02 Å². The number of benzene rings is 2. The molecule has 9 heteroatoms. The fourth-order valence-corrected chi connectivity index (χ4v) is 2.90. The van der Waals surface area contributed by atoms with Gasteiger partial charge in [0.25, 0.3) is 5.69 Å². The number of hydrogen-bond acceptors (Lipinski definition) is 6. The van der Waals surface area contributed by atoms with E-state index in [2.05, 4.69) is 5.32 Å². The Bertz CT molecular complexity index is 888. The minimum Gasteiger partial charge on any atom is -0.493 e. The van der Waals surface area contributed by atoms with Gasteiger partial charge in [-0.15, -0.1) is 0 Å². The van der Waals surface area contributed by atoms with Crippen LogP contribution in [0.3, 0.4) is 0 Å². The van der Waals surface area contributed by atoms with Gasteiger partial charge in [0.15, 0.2) is 11.5 Å². The molecule has 0 aliphatic carbocycles. The minimum atomic E-state index is -0.585. The summed E-state index contributed by atoms with van der Waals surface area (Å²) in [5, 5.41) is 13.9. The Labute approximate surface area is 168 Å². The van der Waals surface area contributed by atoms with E-state index in [1.807, 2.05) is 19.1 Å². The van der Waals surface area contributed by atoms with E-state index in [1.54, 1.807) is 26.2 Å². The number of aryl methyl sites for hydroxylation is 1. The molecule has 28 heavy (non-hydrogen) atoms. The van der Waals surface area contributed by atoms with Gasteiger partial charge in [-0.05, 0) is 49.4 Å². The van der Waals surface area contributed by atoms with E-state index in [9.17, 15) is 14.9 Å². The van der Waals surface area contributed by atoms with Gasteiger partial charge in [0, 0.05) is 17.6 Å². The Morgan fingerprint density at radius 2 is 1.86 bits per heavy atom. The Hall–Kier alpha value is -2.84. The van der Waals surface area contributed by atoms with Gasteiger partial charge in [0.05, 0.1) is 25.7 Å². The third-order valence-corrected chi connectivity index (χ3v) is 4.36. The molecule has 0 unspecified atom stereocenters. The van der Waals surface area contributed by atoms with Crippen molar-refractivity contribution in [3.8, 4) is 11.5 Å². The molecule has 0 atom stereocenters. The highest BCUT2D eigenvalue weighted by molar-refractivity contribution is 6.31. The van der Waals surface area contributed by atoms with Gasteiger partial charge >= 0.3 is 0 Å². The van der Waals surface area contributed by atoms with Crippen LogP contribution in [0, 0.1) is 17.0 Å². The Morgan fingerprint density at radius 3 is 2.46 bits per heavy atom. The SMILES string of the molecule is COc1cc(C)c(CN(C)CC(=O)Nc2ccc(Cl)cc2[N+](=O)[O-])cc1OC. The van der Waals surface area contributed by atoms with Crippen molar-refractivity contribution in [2.24, 2.45) is 0 Å². The highest BCUT2D eigenvalue weighted by atomic mass is 35.5. The number of likely N-dealkylation sites (N-methyl/N-ethyl adjacent to an activating group) is 1. The number of ether oxygens (including phenoxy) is 2. The molecule has 0 fully saturated rings. The zero-order valence-corrected chi connectivity index (χ0v) is 16.9. The second kappa shape index (κ2) is 9.38. The van der Waals surface area contributed by atoms with Crippen LogP contribution in [-0.2, 0) is 11.3 Å². The first-order valence-corrected chi connectivity index (χ1v) is 8.76. The number of methoxy groups -OCH3 is 2. The highest BCUT2D eigenvalue weighted by Gasteiger charge is 2.18. The van der Waals surface area contributed by atoms with Crippen LogP contribution in [0.4, 0.5) is 11.4 Å². The van der Waals surface area contributed by atoms with E-state index < -0.39 is 4.92 Å². The summed E-state index contributed by atoms with van der Waals surface area (Å²) < 4.78 is 10.6. The number of hydrogen-bond donors (Lipinski definition) is 1. The quantitative estimate of drug-likeness (QED) is 0.530. The fraction of sp³-hybridized carbons (Fsp3) is 0.316. The number of carbonyl (C=O) groups excluding carboxylic acids is 1. The first-order valence-electron chi connectivity index (χ1n) is 8.39. The number of anilines is 1. The Balaban J connectivity index is 2.07. The predicted molar refractivity (Wildman–Crippen MR) is 107 cm³/mol. The van der Waals surface area contributed by atoms with E-state index >= 15 is 0 Å². The van der Waals surface area contributed by atoms with E-state index in [-0.39, 0.29) is 28.8 Å². The van der Waals surface area contributed by atoms with Gasteiger partial charge in [-0.25, -0.2) is 0 Å². The molecule has 2 aromatic rings. The normalized spacial score (nSPS) is 10.6. The number of halogens is 1. The molecule has 2 aromatic carbocycles. The van der Waals surface area contributed by atoms with Gasteiger partial charge < -0.3 is 14.8 Å². The summed E-state index contributed by atoms with van der Waals surface area (Å²) in [6.45, 7) is 2.48. The van der Waals surface area contributed by atoms with Crippen molar-refractivity contribution in [2.45, 2.75) is 13.5 Å². The molecule has 0 spiro atoms. The van der Waals surface area contributed by atoms with E-state index in [1.165, 1.54) is 18.2 Å². The molecule has 0 aliphatic rings. The van der Waals surface area contributed by atoms with Gasteiger partial charge in [-0.3, -0.25) is 19.8 Å². The highest BCUT2D eigenvalue weighted by Crippen LogP contribution is 2.31. The molecule has 0 bridgehead atoms. The lowest BCUT2D eigenvalue weighted by Gasteiger charge is -2.19. The largest absolute Gasteiger partial charge is 0.493 e. The van der Waals surface area contributed by atoms with Crippen LogP contribution < -0.4 is 14.8 Å². The lowest BCUT2D eigenvalue weighted by molar-refractivity contribution is -0.383. The van der Waals surface area contributed by atoms with Crippen molar-refractivity contribution in [1.82, 2.24) is 4.90 Å². The topological polar surface area (TPSA) is 93.9 Å². The lowest BCUT2D eigenvalue weighted by Crippen LogP contribution is -2.30. The zero-order chi connectivity index (χ0) is 20.8. The molecule has 0 aliphatic heterocycles. The summed E-state index contributed by atoms with van der Waals surface area (Å²) in [6.07, 6.45) is 0. The van der Waals surface area contributed by atoms with Gasteiger partial charge in [0.1, 0.15) is 5.69 Å². The van der Waals surface area contributed by atoms with E-state index in [0.29, 0.717) is 18.0 Å². The summed E-state index contributed by atoms with van der Waals surface area (Å²) in [7, 11) is 4.92. The predicted octanol–water partition coefficient (Wildman–Crippen LogP) is 3.64. The van der Waals surface area contributed by atoms with Crippen molar-refractivity contribution in [2.75, 3.05) is 33.1 Å². The fourth-order valence-electron chi connectivity index (χ4n) is 2.74. The second-order valence-corrected chi connectivity index (χ2v) is 6.71. The molecule has 2 rings (SSSR count). The van der Waals surface area contributed by atoms with Crippen molar-refractivity contribution in [3.05, 3.63) is 56.6 Å². The molecule has 0 aromatic heterocycles. The molecular formula is C19H22ClN3O5. The molecule has 0 saturated carbocycles. The second-order valence-electron chi connectivity index (χ2n) is 6.27. The van der Waals surface area contributed by atoms with E-state index in [0.717, 1.165) is 11.1 Å². The van der Waals surface area contributed by atoms with Crippen LogP contribution in [0.1, 0.15) is 11.1 Å². The lowest BCUT2D eigenvalue weighted by atomic mass is 10.1. The van der Waals surface area contributed by atoms with Gasteiger partial charge in [-0.1, -0.05) is 11.6 Å². The number of rotatable bonds is 8. The number of nitrogens with zero attached hydrogens (tertiary/aromatic N) is 2. The maximum absolute atomic E-state index is 12.3. The number of carbonyl (C=O) groups is 1. The molecule has 1 N–H and O–H groups in total. The monoisotopic (exact) mass is 407 g/mol. The van der Waals surface area contributed by atoms with Gasteiger partial charge in [0.2, 0.25) is 5.91 Å². The number of nitro groups is 1. The molecule has 0 saturated heterocycles. The number of amides is 1. The summed E-state index contributed by atoms with van der Waals surface area (Å²) in [4.78, 5) is 24.7. The van der Waals surface area contributed by atoms with Crippen LogP contribution in [-0.4, -0.2) is 43.5 Å². The summed E-state index contributed by atoms with van der Waals surface area (Å²) in [5.41, 5.74) is 1.83. The van der Waals surface area contributed by atoms with Crippen LogP contribution >= 0.6 is 11.6 Å². The average Bonchev–Trinajstić information content (AvgIpc) is 2.64. The van der Waals surface area contributed by atoms with Crippen molar-refractivity contribution < 1.29 is 19.2 Å². The number of nitro benzene ring substituents is 1. The minimum absolute atomic E-state index is 0.0492. The molecular weight excluding hydrogens is 386 g/mol. The maximum Gasteiger partial charge on any atom is 0.294 e. The molecule has 8 nitrogen and oxygen atoms in total. The van der Waals surface area contributed by atoms with Crippen molar-refractivity contribution in [1.29, 1.82) is 0 Å². The average molecular weight is 408 g/mol. The summed E-state index contributed by atoms with van der Waals surface area (Å²) in [6, 6.07) is 7.84. The van der Waals surface area contributed by atoms with Gasteiger partial charge in [-0.2, -0.15) is 0 Å². The standard InChI is InChI=1S/C19H22ClN3O5/c1-12-7-17(27-3)18(28-4)8-13(12)10-22(2)11-19(24)21-15-6-5-14(20)9-16(15)23(25)26/h5-9H,10-11H2,1-4H3,(H,21,24). The molecule has 0 heterocycles. The summed E-state index contributed by atoms with van der Waals surface area (Å²) in [5.74, 6) is 0.878. The molecule has 150 valence electrons. The summed E-state index contributed by atoms with van der Waals surface area (Å²) >= 11 is 5.79. The maximum atomic E-state index is 12.3. The zero-order valence-electron chi connectivity index (χ0n) is 16.1. The number of nitrogens with one attached hydrogen (secondary N) is 1. The third kappa shape index (κ3) is 5.34. The third-order valence-electron chi connectivity index (χ3n) is 4.13. The first kappa shape index (κ1) is 21.5. The van der Waals surface area contributed by atoms with Crippen LogP contribution in [0.5, 0.6) is 11.5 Å². The van der Waals surface area contributed by atoms with Crippen LogP contribution in [0.15, 0.2) is 30.3 Å². The van der Waals surface area contributed by atoms with E-state index in [4.69, 9.17) is 21.1 Å². The smallest absolute Gasteiger partial charge is 0.294 e. The first-order chi connectivity index (χ1) is 13.2. The molecule has 0 radical (unpaired) electrons. The van der Waals surface area contributed by atoms with Crippen molar-refractivity contribution in [3.63, 3.8) is 0 Å². The van der Waals surface area contributed by atoms with Crippen molar-refractivity contribution >= 4 is 28.9 Å².